The van der Waals surface area contributed by atoms with Gasteiger partial charge in [-0.1, -0.05) is 26.7 Å². The molecule has 1 heterocycles. The first-order valence-corrected chi connectivity index (χ1v) is 7.10. The van der Waals surface area contributed by atoms with Gasteiger partial charge in [0, 0.05) is 24.1 Å². The summed E-state index contributed by atoms with van der Waals surface area (Å²) < 4.78 is 0. The molecule has 0 spiro atoms. The first kappa shape index (κ1) is 13.8. The number of nitrogens with two attached hydrogens (primary N) is 1. The summed E-state index contributed by atoms with van der Waals surface area (Å²) in [4.78, 5) is 16.2. The predicted molar refractivity (Wildman–Crippen MR) is 76.7 cm³/mol. The summed E-state index contributed by atoms with van der Waals surface area (Å²) in [5.41, 5.74) is 6.79. The molecule has 1 aliphatic rings. The lowest BCUT2D eigenvalue weighted by molar-refractivity contribution is 0.0889. The Hall–Kier alpha value is -1.58. The fourth-order valence-electron chi connectivity index (χ4n) is 2.98. The van der Waals surface area contributed by atoms with Crippen molar-refractivity contribution in [3.05, 3.63) is 24.0 Å². The van der Waals surface area contributed by atoms with E-state index in [1.165, 1.54) is 25.5 Å². The molecule has 1 fully saturated rings. The van der Waals surface area contributed by atoms with Crippen LogP contribution in [0, 0.1) is 11.8 Å². The van der Waals surface area contributed by atoms with Crippen LogP contribution in [0.4, 0.5) is 5.69 Å². The molecule has 4 nitrogen and oxygen atoms in total. The lowest BCUT2D eigenvalue weighted by Crippen LogP contribution is -2.44. The third-order valence-electron chi connectivity index (χ3n) is 4.09. The number of hydrogen-bond donors (Lipinski definition) is 2. The average Bonchev–Trinajstić information content (AvgIpc) is 2.39. The highest BCUT2D eigenvalue weighted by Gasteiger charge is 2.29. The second-order valence-electron chi connectivity index (χ2n) is 5.74. The van der Waals surface area contributed by atoms with Gasteiger partial charge in [-0.2, -0.15) is 0 Å². The van der Waals surface area contributed by atoms with Crippen LogP contribution < -0.4 is 11.1 Å². The van der Waals surface area contributed by atoms with E-state index in [2.05, 4.69) is 24.1 Å². The highest BCUT2D eigenvalue weighted by atomic mass is 16.1. The normalized spacial score (nSPS) is 23.3. The van der Waals surface area contributed by atoms with Gasteiger partial charge in [-0.15, -0.1) is 0 Å². The van der Waals surface area contributed by atoms with Gasteiger partial charge in [0.05, 0.1) is 5.56 Å². The lowest BCUT2D eigenvalue weighted by atomic mass is 9.78. The molecule has 2 rings (SSSR count). The Labute approximate surface area is 114 Å². The van der Waals surface area contributed by atoms with Crippen molar-refractivity contribution in [2.45, 2.75) is 45.6 Å². The van der Waals surface area contributed by atoms with Crippen LogP contribution in [0.5, 0.6) is 0 Å². The molecule has 1 aromatic heterocycles. The van der Waals surface area contributed by atoms with E-state index < -0.39 is 0 Å². The first-order chi connectivity index (χ1) is 9.09. The minimum absolute atomic E-state index is 0.0943. The molecule has 2 atom stereocenters. The van der Waals surface area contributed by atoms with Gasteiger partial charge < -0.3 is 11.1 Å². The fourth-order valence-corrected chi connectivity index (χ4v) is 2.98. The van der Waals surface area contributed by atoms with Crippen LogP contribution in [-0.2, 0) is 0 Å². The van der Waals surface area contributed by atoms with E-state index in [1.807, 2.05) is 0 Å². The zero-order valence-corrected chi connectivity index (χ0v) is 11.7. The van der Waals surface area contributed by atoms with Gasteiger partial charge in [0.1, 0.15) is 0 Å². The third kappa shape index (κ3) is 3.25. The van der Waals surface area contributed by atoms with E-state index in [1.54, 1.807) is 12.3 Å². The van der Waals surface area contributed by atoms with Gasteiger partial charge in [-0.25, -0.2) is 0 Å². The number of carbonyl (C=O) groups excluding carboxylic acids is 1. The summed E-state index contributed by atoms with van der Waals surface area (Å²) in [6.07, 6.45) is 7.86. The zero-order chi connectivity index (χ0) is 13.8. The Morgan fingerprint density at radius 3 is 2.84 bits per heavy atom. The van der Waals surface area contributed by atoms with E-state index in [9.17, 15) is 4.79 Å². The molecule has 0 radical (unpaired) electrons. The maximum absolute atomic E-state index is 12.3. The largest absolute Gasteiger partial charge is 0.398 e. The Balaban J connectivity index is 2.07. The summed E-state index contributed by atoms with van der Waals surface area (Å²) in [5.74, 6) is 1.07. The molecule has 1 aliphatic carbocycles. The molecule has 1 aromatic rings. The highest BCUT2D eigenvalue weighted by Crippen LogP contribution is 2.30. The van der Waals surface area contributed by atoms with Crippen LogP contribution in [-0.4, -0.2) is 16.9 Å². The number of nitrogens with one attached hydrogen (secondary N) is 1. The van der Waals surface area contributed by atoms with Gasteiger partial charge in [-0.05, 0) is 30.7 Å². The van der Waals surface area contributed by atoms with E-state index in [4.69, 9.17) is 5.73 Å². The van der Waals surface area contributed by atoms with Crippen LogP contribution >= 0.6 is 0 Å². The maximum atomic E-state index is 12.3. The van der Waals surface area contributed by atoms with E-state index in [0.29, 0.717) is 23.1 Å². The number of rotatable bonds is 3. The van der Waals surface area contributed by atoms with Crippen LogP contribution in [0.2, 0.25) is 0 Å². The van der Waals surface area contributed by atoms with Crippen molar-refractivity contribution >= 4 is 11.6 Å². The molecule has 1 amide bonds. The highest BCUT2D eigenvalue weighted by molar-refractivity contribution is 5.98. The molecule has 2 unspecified atom stereocenters. The molecule has 19 heavy (non-hydrogen) atoms. The number of pyridine rings is 1. The second kappa shape index (κ2) is 6.04. The smallest absolute Gasteiger partial charge is 0.255 e. The third-order valence-corrected chi connectivity index (χ3v) is 4.09. The van der Waals surface area contributed by atoms with Crippen molar-refractivity contribution in [2.24, 2.45) is 11.8 Å². The van der Waals surface area contributed by atoms with Crippen molar-refractivity contribution in [1.29, 1.82) is 0 Å². The minimum atomic E-state index is -0.0943. The van der Waals surface area contributed by atoms with Crippen LogP contribution in [0.1, 0.15) is 49.9 Å². The molecule has 3 N–H and O–H groups in total. The summed E-state index contributed by atoms with van der Waals surface area (Å²) in [6, 6.07) is 1.93. The maximum Gasteiger partial charge on any atom is 0.255 e. The number of anilines is 1. The standard InChI is InChI=1S/C15H23N3O/c1-10(2)11-5-3-4-6-14(11)18-15(19)12-9-17-8-7-13(12)16/h7-11,14H,3-6H2,1-2H3,(H2,16,17)(H,18,19). The van der Waals surface area contributed by atoms with Crippen LogP contribution in [0.25, 0.3) is 0 Å². The van der Waals surface area contributed by atoms with Crippen LogP contribution in [0.3, 0.4) is 0 Å². The van der Waals surface area contributed by atoms with E-state index >= 15 is 0 Å². The number of carbonyl (C=O) groups is 1. The average molecular weight is 261 g/mol. The minimum Gasteiger partial charge on any atom is -0.398 e. The van der Waals surface area contributed by atoms with Crippen LogP contribution in [0.15, 0.2) is 18.5 Å². The predicted octanol–water partition coefficient (Wildman–Crippen LogP) is 2.61. The monoisotopic (exact) mass is 261 g/mol. The molecule has 0 bridgehead atoms. The molecule has 0 aromatic carbocycles. The van der Waals surface area contributed by atoms with Gasteiger partial charge in [0.2, 0.25) is 0 Å². The molecular formula is C15H23N3O. The van der Waals surface area contributed by atoms with Crippen molar-refractivity contribution in [3.63, 3.8) is 0 Å². The summed E-state index contributed by atoms with van der Waals surface area (Å²) in [7, 11) is 0. The van der Waals surface area contributed by atoms with Gasteiger partial charge in [-0.3, -0.25) is 9.78 Å². The topological polar surface area (TPSA) is 68.0 Å². The lowest BCUT2D eigenvalue weighted by Gasteiger charge is -2.35. The SMILES string of the molecule is CC(C)C1CCCCC1NC(=O)c1cnccc1N. The first-order valence-electron chi connectivity index (χ1n) is 7.10. The van der Waals surface area contributed by atoms with Crippen molar-refractivity contribution in [1.82, 2.24) is 10.3 Å². The molecule has 1 saturated carbocycles. The number of nitrogen functional groups attached to an aromatic ring is 1. The van der Waals surface area contributed by atoms with Crippen molar-refractivity contribution < 1.29 is 4.79 Å². The van der Waals surface area contributed by atoms with Gasteiger partial charge in [0.25, 0.3) is 5.91 Å². The van der Waals surface area contributed by atoms with E-state index in [0.717, 1.165) is 6.42 Å². The van der Waals surface area contributed by atoms with Gasteiger partial charge >= 0.3 is 0 Å². The summed E-state index contributed by atoms with van der Waals surface area (Å²) in [5, 5.41) is 3.15. The van der Waals surface area contributed by atoms with Crippen molar-refractivity contribution in [3.8, 4) is 0 Å². The molecule has 4 heteroatoms. The van der Waals surface area contributed by atoms with Gasteiger partial charge in [0.15, 0.2) is 0 Å². The Kier molecular flexibility index (Phi) is 4.40. The Bertz CT molecular complexity index is 445. The quantitative estimate of drug-likeness (QED) is 0.878. The molecule has 104 valence electrons. The second-order valence-corrected chi connectivity index (χ2v) is 5.74. The Morgan fingerprint density at radius 1 is 1.42 bits per heavy atom. The fraction of sp³-hybridized carbons (Fsp3) is 0.600. The molecular weight excluding hydrogens is 238 g/mol. The number of aromatic nitrogens is 1. The van der Waals surface area contributed by atoms with Crippen molar-refractivity contribution in [2.75, 3.05) is 5.73 Å². The number of hydrogen-bond acceptors (Lipinski definition) is 3. The summed E-state index contributed by atoms with van der Waals surface area (Å²) in [6.45, 7) is 4.46. The number of amides is 1. The Morgan fingerprint density at radius 2 is 2.16 bits per heavy atom. The molecule has 0 aliphatic heterocycles. The summed E-state index contributed by atoms with van der Waals surface area (Å²) >= 11 is 0. The number of nitrogens with zero attached hydrogens (tertiary/aromatic N) is 1. The molecule has 0 saturated heterocycles. The zero-order valence-electron chi connectivity index (χ0n) is 11.7. The van der Waals surface area contributed by atoms with E-state index in [-0.39, 0.29) is 11.9 Å².